The molecule has 0 aromatic heterocycles. The minimum Gasteiger partial charge on any atom is -0.444 e. The van der Waals surface area contributed by atoms with E-state index < -0.39 is 5.60 Å². The molecule has 0 bridgehead atoms. The van der Waals surface area contributed by atoms with Gasteiger partial charge in [-0.05, 0) is 39.2 Å². The summed E-state index contributed by atoms with van der Waals surface area (Å²) >= 11 is 0. The minimum absolute atomic E-state index is 0.0523. The number of hydrogen-bond donors (Lipinski definition) is 1. The average molecular weight is 303 g/mol. The zero-order valence-electron chi connectivity index (χ0n) is 13.5. The van der Waals surface area contributed by atoms with Gasteiger partial charge in [-0.15, -0.1) is 0 Å². The van der Waals surface area contributed by atoms with E-state index in [0.717, 1.165) is 25.0 Å². The molecular weight excluding hydrogens is 278 g/mol. The molecule has 0 saturated carbocycles. The Labute approximate surface area is 132 Å². The molecule has 1 heterocycles. The molecule has 4 heteroatoms. The second kappa shape index (κ2) is 7.45. The Morgan fingerprint density at radius 3 is 2.73 bits per heavy atom. The molecule has 1 N–H and O–H groups in total. The lowest BCUT2D eigenvalue weighted by molar-refractivity contribution is 0.00908. The summed E-state index contributed by atoms with van der Waals surface area (Å²) in [4.78, 5) is 11.9. The molecule has 22 heavy (non-hydrogen) atoms. The maximum Gasteiger partial charge on any atom is 0.407 e. The van der Waals surface area contributed by atoms with E-state index >= 15 is 0 Å². The zero-order valence-corrected chi connectivity index (χ0v) is 13.5. The summed E-state index contributed by atoms with van der Waals surface area (Å²) < 4.78 is 11.1. The second-order valence-corrected chi connectivity index (χ2v) is 6.50. The largest absolute Gasteiger partial charge is 0.444 e. The first-order valence-electron chi connectivity index (χ1n) is 7.78. The van der Waals surface area contributed by atoms with E-state index in [9.17, 15) is 4.79 Å². The Morgan fingerprint density at radius 1 is 1.32 bits per heavy atom. The van der Waals surface area contributed by atoms with Gasteiger partial charge in [-0.1, -0.05) is 42.5 Å². The smallest absolute Gasteiger partial charge is 0.407 e. The number of nitrogens with one attached hydrogen (secondary N) is 1. The van der Waals surface area contributed by atoms with Crippen molar-refractivity contribution >= 4 is 12.2 Å². The number of amides is 1. The van der Waals surface area contributed by atoms with Gasteiger partial charge >= 0.3 is 6.09 Å². The predicted molar refractivity (Wildman–Crippen MR) is 87.6 cm³/mol. The third-order valence-electron chi connectivity index (χ3n) is 3.35. The van der Waals surface area contributed by atoms with Gasteiger partial charge in [-0.3, -0.25) is 0 Å². The molecular formula is C18H25NO3. The first kappa shape index (κ1) is 16.6. The number of carbonyl (C=O) groups excluding carboxylic acids is 1. The van der Waals surface area contributed by atoms with E-state index in [0.29, 0.717) is 0 Å². The zero-order chi connectivity index (χ0) is 16.0. The highest BCUT2D eigenvalue weighted by atomic mass is 16.6. The van der Waals surface area contributed by atoms with Gasteiger partial charge in [0, 0.05) is 6.61 Å². The molecule has 0 radical (unpaired) electrons. The molecule has 0 aliphatic carbocycles. The summed E-state index contributed by atoms with van der Waals surface area (Å²) in [7, 11) is 0. The lowest BCUT2D eigenvalue weighted by Gasteiger charge is -2.31. The van der Waals surface area contributed by atoms with Crippen LogP contribution in [-0.4, -0.2) is 30.4 Å². The number of hydrogen-bond acceptors (Lipinski definition) is 3. The molecule has 4 nitrogen and oxygen atoms in total. The van der Waals surface area contributed by atoms with Gasteiger partial charge in [0.15, 0.2) is 0 Å². The fourth-order valence-corrected chi connectivity index (χ4v) is 2.38. The van der Waals surface area contributed by atoms with Gasteiger partial charge in [0.25, 0.3) is 0 Å². The van der Waals surface area contributed by atoms with Crippen LogP contribution in [0.3, 0.4) is 0 Å². The van der Waals surface area contributed by atoms with E-state index in [1.807, 2.05) is 63.3 Å². The SMILES string of the molecule is CC(C)(C)OC(=O)N[C@@H]1CCCO[C@@H]1C=Cc1ccccc1. The number of rotatable bonds is 3. The van der Waals surface area contributed by atoms with Crippen LogP contribution in [0.1, 0.15) is 39.2 Å². The van der Waals surface area contributed by atoms with Crippen molar-refractivity contribution in [3.63, 3.8) is 0 Å². The molecule has 1 aliphatic rings. The van der Waals surface area contributed by atoms with E-state index in [-0.39, 0.29) is 18.2 Å². The molecule has 1 aliphatic heterocycles. The first-order valence-corrected chi connectivity index (χ1v) is 7.78. The topological polar surface area (TPSA) is 47.6 Å². The molecule has 0 unspecified atom stereocenters. The van der Waals surface area contributed by atoms with Crippen LogP contribution in [-0.2, 0) is 9.47 Å². The van der Waals surface area contributed by atoms with Crippen molar-refractivity contribution in [3.05, 3.63) is 42.0 Å². The summed E-state index contributed by atoms with van der Waals surface area (Å²) in [6.45, 7) is 6.29. The molecule has 0 spiro atoms. The summed E-state index contributed by atoms with van der Waals surface area (Å²) in [5, 5.41) is 2.92. The predicted octanol–water partition coefficient (Wildman–Crippen LogP) is 3.77. The van der Waals surface area contributed by atoms with Crippen molar-refractivity contribution in [3.8, 4) is 0 Å². The Balaban J connectivity index is 1.96. The van der Waals surface area contributed by atoms with Crippen LogP contribution in [0.5, 0.6) is 0 Å². The first-order chi connectivity index (χ1) is 10.4. The Kier molecular flexibility index (Phi) is 5.61. The van der Waals surface area contributed by atoms with Crippen molar-refractivity contribution in [2.75, 3.05) is 6.61 Å². The third-order valence-corrected chi connectivity index (χ3v) is 3.35. The molecule has 1 aromatic rings. The van der Waals surface area contributed by atoms with Crippen LogP contribution in [0.15, 0.2) is 36.4 Å². The Morgan fingerprint density at radius 2 is 2.05 bits per heavy atom. The van der Waals surface area contributed by atoms with Crippen molar-refractivity contribution in [2.45, 2.75) is 51.4 Å². The van der Waals surface area contributed by atoms with Crippen LogP contribution < -0.4 is 5.32 Å². The average Bonchev–Trinajstić information content (AvgIpc) is 2.45. The third kappa shape index (κ3) is 5.53. The lowest BCUT2D eigenvalue weighted by Crippen LogP contribution is -2.47. The molecule has 1 aromatic carbocycles. The number of benzene rings is 1. The maximum atomic E-state index is 11.9. The Hall–Kier alpha value is -1.81. The van der Waals surface area contributed by atoms with E-state index in [1.165, 1.54) is 0 Å². The highest BCUT2D eigenvalue weighted by Gasteiger charge is 2.27. The molecule has 1 amide bonds. The van der Waals surface area contributed by atoms with Gasteiger partial charge in [0.2, 0.25) is 0 Å². The fraction of sp³-hybridized carbons (Fsp3) is 0.500. The van der Waals surface area contributed by atoms with Gasteiger partial charge < -0.3 is 14.8 Å². The maximum absolute atomic E-state index is 11.9. The molecule has 2 rings (SSSR count). The summed E-state index contributed by atoms with van der Waals surface area (Å²) in [5.41, 5.74) is 0.627. The van der Waals surface area contributed by atoms with Crippen LogP contribution >= 0.6 is 0 Å². The van der Waals surface area contributed by atoms with Crippen molar-refractivity contribution in [1.29, 1.82) is 0 Å². The second-order valence-electron chi connectivity index (χ2n) is 6.50. The summed E-state index contributed by atoms with van der Waals surface area (Å²) in [5.74, 6) is 0. The standard InChI is InChI=1S/C18H25NO3/c1-18(2,3)22-17(20)19-15-10-7-13-21-16(15)12-11-14-8-5-4-6-9-14/h4-6,8-9,11-12,15-16H,7,10,13H2,1-3H3,(H,19,20)/t15-,16-/m1/s1. The Bertz CT molecular complexity index is 505. The van der Waals surface area contributed by atoms with Gasteiger partial charge in [0.1, 0.15) is 5.60 Å². The van der Waals surface area contributed by atoms with E-state index in [4.69, 9.17) is 9.47 Å². The normalized spacial score (nSPS) is 22.5. The lowest BCUT2D eigenvalue weighted by atomic mass is 10.0. The fourth-order valence-electron chi connectivity index (χ4n) is 2.38. The molecule has 1 saturated heterocycles. The van der Waals surface area contributed by atoms with Gasteiger partial charge in [0.05, 0.1) is 12.1 Å². The quantitative estimate of drug-likeness (QED) is 0.924. The highest BCUT2D eigenvalue weighted by molar-refractivity contribution is 5.68. The van der Waals surface area contributed by atoms with Crippen molar-refractivity contribution in [2.24, 2.45) is 0 Å². The van der Waals surface area contributed by atoms with E-state index in [1.54, 1.807) is 0 Å². The summed E-state index contributed by atoms with van der Waals surface area (Å²) in [6.07, 6.45) is 5.36. The van der Waals surface area contributed by atoms with Crippen molar-refractivity contribution < 1.29 is 14.3 Å². The molecule has 120 valence electrons. The molecule has 2 atom stereocenters. The van der Waals surface area contributed by atoms with Crippen LogP contribution in [0.2, 0.25) is 0 Å². The minimum atomic E-state index is -0.491. The van der Waals surface area contributed by atoms with Crippen LogP contribution in [0.4, 0.5) is 4.79 Å². The molecule has 1 fully saturated rings. The van der Waals surface area contributed by atoms with Gasteiger partial charge in [-0.25, -0.2) is 4.79 Å². The van der Waals surface area contributed by atoms with Gasteiger partial charge in [-0.2, -0.15) is 0 Å². The number of carbonyl (C=O) groups is 1. The van der Waals surface area contributed by atoms with Crippen LogP contribution in [0, 0.1) is 0 Å². The number of ether oxygens (including phenoxy) is 2. The number of alkyl carbamates (subject to hydrolysis) is 1. The summed E-state index contributed by atoms with van der Waals surface area (Å²) in [6, 6.07) is 10.0. The van der Waals surface area contributed by atoms with Crippen molar-refractivity contribution in [1.82, 2.24) is 5.32 Å². The monoisotopic (exact) mass is 303 g/mol. The highest BCUT2D eigenvalue weighted by Crippen LogP contribution is 2.17. The van der Waals surface area contributed by atoms with Crippen LogP contribution in [0.25, 0.3) is 6.08 Å². The van der Waals surface area contributed by atoms with E-state index in [2.05, 4.69) is 5.32 Å².